The molecule has 0 saturated carbocycles. The number of benzene rings is 2. The molecule has 18 heavy (non-hydrogen) atoms. The number of ketones is 1. The molecular weight excluding hydrogens is 356 g/mol. The van der Waals surface area contributed by atoms with Crippen LogP contribution in [-0.2, 0) is 0 Å². The Bertz CT molecular complexity index is 500. The van der Waals surface area contributed by atoms with E-state index in [2.05, 4.69) is 38.4 Å². The Labute approximate surface area is 124 Å². The molecule has 2 aromatic rings. The van der Waals surface area contributed by atoms with Crippen LogP contribution in [0.15, 0.2) is 76.2 Å². The van der Waals surface area contributed by atoms with Gasteiger partial charge in [-0.3, -0.25) is 4.79 Å². The normalized spacial score (nSPS) is 9.00. The highest BCUT2D eigenvalue weighted by Crippen LogP contribution is 2.20. The van der Waals surface area contributed by atoms with Crippen molar-refractivity contribution in [3.63, 3.8) is 0 Å². The number of allylic oxidation sites excluding steroid dienone is 1. The van der Waals surface area contributed by atoms with Gasteiger partial charge in [0.15, 0.2) is 5.78 Å². The third kappa shape index (κ3) is 4.98. The molecule has 0 saturated heterocycles. The highest BCUT2D eigenvalue weighted by atomic mass is 79.9. The predicted molar refractivity (Wildman–Crippen MR) is 82.8 cm³/mol. The van der Waals surface area contributed by atoms with E-state index < -0.39 is 0 Å². The number of carbonyl (C=O) groups is 1. The maximum Gasteiger partial charge on any atom is 0.185 e. The van der Waals surface area contributed by atoms with Crippen LogP contribution in [-0.4, -0.2) is 5.78 Å². The van der Waals surface area contributed by atoms with E-state index in [-0.39, 0.29) is 5.78 Å². The van der Waals surface area contributed by atoms with E-state index in [1.165, 1.54) is 6.08 Å². The zero-order valence-corrected chi connectivity index (χ0v) is 12.8. The number of halogens is 2. The molecular formula is C15H12Br2O. The number of hydrogen-bond donors (Lipinski definition) is 0. The second kappa shape index (κ2) is 8.01. The van der Waals surface area contributed by atoms with Crippen LogP contribution in [0.25, 0.3) is 0 Å². The lowest BCUT2D eigenvalue weighted by molar-refractivity contribution is 0.104. The Hall–Kier alpha value is -1.19. The maximum absolute atomic E-state index is 10.9. The van der Waals surface area contributed by atoms with Crippen LogP contribution in [0.2, 0.25) is 0 Å². The molecule has 0 amide bonds. The molecule has 0 fully saturated rings. The lowest BCUT2D eigenvalue weighted by Gasteiger charge is -1.90. The Kier molecular flexibility index (Phi) is 6.61. The van der Waals surface area contributed by atoms with Crippen molar-refractivity contribution in [2.24, 2.45) is 0 Å². The monoisotopic (exact) mass is 366 g/mol. The molecule has 0 unspecified atom stereocenters. The molecule has 0 aliphatic rings. The summed E-state index contributed by atoms with van der Waals surface area (Å²) < 4.78 is 2.19. The zero-order chi connectivity index (χ0) is 13.4. The van der Waals surface area contributed by atoms with E-state index in [9.17, 15) is 4.79 Å². The second-order valence-corrected chi connectivity index (χ2v) is 5.06. The van der Waals surface area contributed by atoms with Gasteiger partial charge in [0.2, 0.25) is 0 Å². The van der Waals surface area contributed by atoms with Crippen LogP contribution in [0.1, 0.15) is 10.4 Å². The molecule has 0 N–H and O–H groups in total. The predicted octanol–water partition coefficient (Wildman–Crippen LogP) is 5.27. The van der Waals surface area contributed by atoms with Crippen LogP contribution in [0.5, 0.6) is 0 Å². The van der Waals surface area contributed by atoms with Gasteiger partial charge in [0, 0.05) is 14.5 Å². The first-order valence-corrected chi connectivity index (χ1v) is 6.85. The largest absolute Gasteiger partial charge is 0.289 e. The first-order chi connectivity index (χ1) is 8.65. The molecule has 0 atom stereocenters. The fourth-order valence-electron chi connectivity index (χ4n) is 1.16. The highest BCUT2D eigenvalue weighted by Gasteiger charge is 1.95. The van der Waals surface area contributed by atoms with Gasteiger partial charge in [-0.2, -0.15) is 0 Å². The number of carbonyl (C=O) groups excluding carboxylic acids is 1. The third-order valence-electron chi connectivity index (χ3n) is 2.07. The van der Waals surface area contributed by atoms with Crippen LogP contribution in [0.4, 0.5) is 0 Å². The van der Waals surface area contributed by atoms with Gasteiger partial charge in [-0.15, -0.1) is 0 Å². The van der Waals surface area contributed by atoms with Gasteiger partial charge >= 0.3 is 0 Å². The zero-order valence-electron chi connectivity index (χ0n) is 9.64. The highest BCUT2D eigenvalue weighted by molar-refractivity contribution is 9.13. The maximum atomic E-state index is 10.9. The first-order valence-electron chi connectivity index (χ1n) is 5.27. The molecule has 1 nitrogen and oxygen atoms in total. The van der Waals surface area contributed by atoms with Crippen molar-refractivity contribution in [2.75, 3.05) is 0 Å². The van der Waals surface area contributed by atoms with E-state index >= 15 is 0 Å². The molecule has 92 valence electrons. The van der Waals surface area contributed by atoms with Crippen molar-refractivity contribution < 1.29 is 4.79 Å². The van der Waals surface area contributed by atoms with Gasteiger partial charge in [-0.05, 0) is 50.1 Å². The van der Waals surface area contributed by atoms with Crippen molar-refractivity contribution in [3.8, 4) is 0 Å². The average Bonchev–Trinajstić information content (AvgIpc) is 2.43. The minimum atomic E-state index is -0.0272. The summed E-state index contributed by atoms with van der Waals surface area (Å²) in [6.45, 7) is 3.39. The van der Waals surface area contributed by atoms with E-state index in [0.717, 1.165) is 8.95 Å². The van der Waals surface area contributed by atoms with E-state index in [1.807, 2.05) is 42.5 Å². The summed E-state index contributed by atoms with van der Waals surface area (Å²) in [7, 11) is 0. The van der Waals surface area contributed by atoms with Gasteiger partial charge in [0.1, 0.15) is 0 Å². The number of hydrogen-bond acceptors (Lipinski definition) is 1. The van der Waals surface area contributed by atoms with Crippen LogP contribution in [0.3, 0.4) is 0 Å². The number of rotatable bonds is 2. The van der Waals surface area contributed by atoms with E-state index in [1.54, 1.807) is 12.1 Å². The summed E-state index contributed by atoms with van der Waals surface area (Å²) in [5, 5.41) is 0. The minimum absolute atomic E-state index is 0.0272. The smallest absolute Gasteiger partial charge is 0.185 e. The Balaban J connectivity index is 0.000000184. The summed E-state index contributed by atoms with van der Waals surface area (Å²) in [5.74, 6) is -0.0272. The SMILES string of the molecule is Brc1ccccc1Br.C=CC(=O)c1ccccc1. The van der Waals surface area contributed by atoms with Gasteiger partial charge in [-0.1, -0.05) is 49.0 Å². The third-order valence-corrected chi connectivity index (χ3v) is 3.98. The molecule has 2 rings (SSSR count). The molecule has 3 heteroatoms. The molecule has 0 aliphatic carbocycles. The van der Waals surface area contributed by atoms with Crippen molar-refractivity contribution >= 4 is 37.6 Å². The second-order valence-electron chi connectivity index (χ2n) is 3.35. The van der Waals surface area contributed by atoms with Gasteiger partial charge in [0.05, 0.1) is 0 Å². The topological polar surface area (TPSA) is 17.1 Å². The fraction of sp³-hybridized carbons (Fsp3) is 0. The fourth-order valence-corrected chi connectivity index (χ4v) is 1.73. The minimum Gasteiger partial charge on any atom is -0.289 e. The summed E-state index contributed by atoms with van der Waals surface area (Å²) in [4.78, 5) is 10.9. The van der Waals surface area contributed by atoms with Gasteiger partial charge in [0.25, 0.3) is 0 Å². The van der Waals surface area contributed by atoms with E-state index in [0.29, 0.717) is 5.56 Å². The van der Waals surface area contributed by atoms with Gasteiger partial charge < -0.3 is 0 Å². The van der Waals surface area contributed by atoms with Crippen molar-refractivity contribution in [2.45, 2.75) is 0 Å². The Morgan fingerprint density at radius 1 is 0.889 bits per heavy atom. The standard InChI is InChI=1S/C9H8O.C6H4Br2/c1-2-9(10)8-6-4-3-5-7-8;7-5-3-1-2-4-6(5)8/h2-7H,1H2;1-4H. The molecule has 0 spiro atoms. The lowest BCUT2D eigenvalue weighted by atomic mass is 10.1. The van der Waals surface area contributed by atoms with Crippen molar-refractivity contribution in [1.82, 2.24) is 0 Å². The van der Waals surface area contributed by atoms with Crippen molar-refractivity contribution in [1.29, 1.82) is 0 Å². The van der Waals surface area contributed by atoms with Crippen molar-refractivity contribution in [3.05, 3.63) is 81.8 Å². The molecule has 0 radical (unpaired) electrons. The molecule has 0 heterocycles. The van der Waals surface area contributed by atoms with Crippen LogP contribution < -0.4 is 0 Å². The van der Waals surface area contributed by atoms with Gasteiger partial charge in [-0.25, -0.2) is 0 Å². The summed E-state index contributed by atoms with van der Waals surface area (Å²) in [6, 6.07) is 17.0. The molecule has 2 aromatic carbocycles. The lowest BCUT2D eigenvalue weighted by Crippen LogP contribution is -1.90. The summed E-state index contributed by atoms with van der Waals surface area (Å²) in [6.07, 6.45) is 1.31. The molecule has 0 bridgehead atoms. The van der Waals surface area contributed by atoms with Crippen LogP contribution >= 0.6 is 31.9 Å². The Morgan fingerprint density at radius 3 is 1.72 bits per heavy atom. The van der Waals surface area contributed by atoms with Crippen LogP contribution in [0, 0.1) is 0 Å². The average molecular weight is 368 g/mol. The molecule has 0 aromatic heterocycles. The summed E-state index contributed by atoms with van der Waals surface area (Å²) in [5.41, 5.74) is 0.692. The Morgan fingerprint density at radius 2 is 1.33 bits per heavy atom. The molecule has 0 aliphatic heterocycles. The van der Waals surface area contributed by atoms with E-state index in [4.69, 9.17) is 0 Å². The first kappa shape index (κ1) is 14.9. The quantitative estimate of drug-likeness (QED) is 0.522. The summed E-state index contributed by atoms with van der Waals surface area (Å²) >= 11 is 6.70.